The minimum atomic E-state index is -0.421. The van der Waals surface area contributed by atoms with E-state index >= 15 is 0 Å². The highest BCUT2D eigenvalue weighted by Crippen LogP contribution is 2.23. The molecule has 4 nitrogen and oxygen atoms in total. The van der Waals surface area contributed by atoms with Crippen molar-refractivity contribution in [1.82, 2.24) is 4.98 Å². The number of carbonyl (C=O) groups is 1. The molecule has 0 fully saturated rings. The summed E-state index contributed by atoms with van der Waals surface area (Å²) in [4.78, 5) is 17.7. The van der Waals surface area contributed by atoms with Crippen LogP contribution < -0.4 is 10.6 Å². The Morgan fingerprint density at radius 3 is 2.35 bits per heavy atom. The molecule has 1 aromatic heterocycles. The fraction of sp³-hybridized carbons (Fsp3) is 0.250. The third-order valence-corrected chi connectivity index (χ3v) is 3.82. The van der Waals surface area contributed by atoms with Crippen LogP contribution in [0, 0.1) is 0 Å². The Balaban J connectivity index is 1.89. The lowest BCUT2D eigenvalue weighted by Crippen LogP contribution is -2.29. The maximum absolute atomic E-state index is 11.5. The van der Waals surface area contributed by atoms with Crippen molar-refractivity contribution in [2.24, 2.45) is 5.73 Å². The van der Waals surface area contributed by atoms with Crippen LogP contribution in [0.5, 0.6) is 0 Å². The summed E-state index contributed by atoms with van der Waals surface area (Å²) in [5.74, 6) is -0.421. The molecule has 0 saturated carbocycles. The Bertz CT molecular complexity index is 612. The summed E-state index contributed by atoms with van der Waals surface area (Å²) >= 11 is 0. The van der Waals surface area contributed by atoms with Crippen molar-refractivity contribution < 1.29 is 4.79 Å². The number of primary amides is 1. The monoisotopic (exact) mass is 267 g/mol. The zero-order chi connectivity index (χ0) is 13.9. The summed E-state index contributed by atoms with van der Waals surface area (Å²) in [5, 5.41) is 0. The van der Waals surface area contributed by atoms with Gasteiger partial charge in [0.05, 0.1) is 11.3 Å². The standard InChI is InChI=1S/C16H17N3O/c17-16(20)14-11-18-8-5-15(14)19-9-6-12-3-1-2-4-13(12)7-10-19/h1-5,8,11H,6-7,9-10H2,(H2,17,20). The van der Waals surface area contributed by atoms with E-state index in [-0.39, 0.29) is 0 Å². The Morgan fingerprint density at radius 1 is 1.10 bits per heavy atom. The lowest BCUT2D eigenvalue weighted by atomic mass is 10.0. The van der Waals surface area contributed by atoms with E-state index in [4.69, 9.17) is 5.73 Å². The van der Waals surface area contributed by atoms with Gasteiger partial charge in [-0.1, -0.05) is 24.3 Å². The summed E-state index contributed by atoms with van der Waals surface area (Å²) in [6.45, 7) is 1.78. The van der Waals surface area contributed by atoms with Gasteiger partial charge in [0.15, 0.2) is 0 Å². The second kappa shape index (κ2) is 5.33. The highest BCUT2D eigenvalue weighted by molar-refractivity contribution is 5.98. The molecule has 2 N–H and O–H groups in total. The molecule has 20 heavy (non-hydrogen) atoms. The maximum Gasteiger partial charge on any atom is 0.252 e. The lowest BCUT2D eigenvalue weighted by molar-refractivity contribution is 0.100. The predicted octanol–water partition coefficient (Wildman–Crippen LogP) is 1.79. The van der Waals surface area contributed by atoms with E-state index in [1.54, 1.807) is 12.4 Å². The fourth-order valence-electron chi connectivity index (χ4n) is 2.76. The molecule has 1 aliphatic heterocycles. The number of anilines is 1. The molecular weight excluding hydrogens is 250 g/mol. The van der Waals surface area contributed by atoms with Gasteiger partial charge in [0.25, 0.3) is 5.91 Å². The molecule has 0 aliphatic carbocycles. The first-order valence-corrected chi connectivity index (χ1v) is 6.81. The van der Waals surface area contributed by atoms with E-state index in [9.17, 15) is 4.79 Å². The molecule has 0 spiro atoms. The fourth-order valence-corrected chi connectivity index (χ4v) is 2.76. The molecule has 1 amide bonds. The van der Waals surface area contributed by atoms with E-state index < -0.39 is 5.91 Å². The number of rotatable bonds is 2. The topological polar surface area (TPSA) is 59.2 Å². The van der Waals surface area contributed by atoms with Crippen molar-refractivity contribution in [2.75, 3.05) is 18.0 Å². The zero-order valence-corrected chi connectivity index (χ0v) is 11.2. The molecular formula is C16H17N3O. The molecule has 2 aromatic rings. The molecule has 0 unspecified atom stereocenters. The minimum absolute atomic E-state index is 0.421. The Labute approximate surface area is 118 Å². The average Bonchev–Trinajstić information content (AvgIpc) is 2.70. The number of aromatic nitrogens is 1. The number of pyridine rings is 1. The van der Waals surface area contributed by atoms with Gasteiger partial charge in [-0.25, -0.2) is 0 Å². The Hall–Kier alpha value is -2.36. The van der Waals surface area contributed by atoms with Gasteiger partial charge in [-0.3, -0.25) is 9.78 Å². The van der Waals surface area contributed by atoms with E-state index in [0.29, 0.717) is 5.56 Å². The number of nitrogens with zero attached hydrogens (tertiary/aromatic N) is 2. The minimum Gasteiger partial charge on any atom is -0.370 e. The first-order chi connectivity index (χ1) is 9.75. The third-order valence-electron chi connectivity index (χ3n) is 3.82. The van der Waals surface area contributed by atoms with Crippen molar-refractivity contribution in [3.8, 4) is 0 Å². The second-order valence-electron chi connectivity index (χ2n) is 5.01. The van der Waals surface area contributed by atoms with E-state index in [1.807, 2.05) is 6.07 Å². The quantitative estimate of drug-likeness (QED) is 0.902. The average molecular weight is 267 g/mol. The van der Waals surface area contributed by atoms with E-state index in [0.717, 1.165) is 31.6 Å². The highest BCUT2D eigenvalue weighted by Gasteiger charge is 2.18. The smallest absolute Gasteiger partial charge is 0.252 e. The molecule has 1 aliphatic rings. The van der Waals surface area contributed by atoms with Gasteiger partial charge in [-0.2, -0.15) is 0 Å². The van der Waals surface area contributed by atoms with Crippen molar-refractivity contribution >= 4 is 11.6 Å². The normalized spacial score (nSPS) is 14.5. The molecule has 0 saturated heterocycles. The first-order valence-electron chi connectivity index (χ1n) is 6.81. The summed E-state index contributed by atoms with van der Waals surface area (Å²) in [5.41, 5.74) is 9.61. The van der Waals surface area contributed by atoms with Crippen LogP contribution in [-0.4, -0.2) is 24.0 Å². The van der Waals surface area contributed by atoms with Crippen molar-refractivity contribution in [1.29, 1.82) is 0 Å². The van der Waals surface area contributed by atoms with E-state index in [1.165, 1.54) is 11.1 Å². The lowest BCUT2D eigenvalue weighted by Gasteiger charge is -2.24. The molecule has 3 rings (SSSR count). The summed E-state index contributed by atoms with van der Waals surface area (Å²) < 4.78 is 0. The molecule has 0 radical (unpaired) electrons. The molecule has 2 heterocycles. The Kier molecular flexibility index (Phi) is 3.37. The molecule has 0 atom stereocenters. The number of carbonyl (C=O) groups excluding carboxylic acids is 1. The highest BCUT2D eigenvalue weighted by atomic mass is 16.1. The number of hydrogen-bond donors (Lipinski definition) is 1. The van der Waals surface area contributed by atoms with E-state index in [2.05, 4.69) is 34.1 Å². The van der Waals surface area contributed by atoms with Crippen molar-refractivity contribution in [2.45, 2.75) is 12.8 Å². The molecule has 4 heteroatoms. The van der Waals surface area contributed by atoms with Crippen LogP contribution in [0.1, 0.15) is 21.5 Å². The van der Waals surface area contributed by atoms with Crippen LogP contribution in [0.4, 0.5) is 5.69 Å². The van der Waals surface area contributed by atoms with Crippen LogP contribution in [0.15, 0.2) is 42.7 Å². The maximum atomic E-state index is 11.5. The van der Waals surface area contributed by atoms with Crippen molar-refractivity contribution in [3.63, 3.8) is 0 Å². The number of nitrogens with two attached hydrogens (primary N) is 1. The number of fused-ring (bicyclic) bond motifs is 1. The zero-order valence-electron chi connectivity index (χ0n) is 11.2. The van der Waals surface area contributed by atoms with Gasteiger partial charge in [0.1, 0.15) is 0 Å². The molecule has 102 valence electrons. The van der Waals surface area contributed by atoms with Gasteiger partial charge in [-0.15, -0.1) is 0 Å². The van der Waals surface area contributed by atoms with Crippen LogP contribution in [0.25, 0.3) is 0 Å². The van der Waals surface area contributed by atoms with Gasteiger partial charge in [0, 0.05) is 25.5 Å². The van der Waals surface area contributed by atoms with Gasteiger partial charge >= 0.3 is 0 Å². The number of hydrogen-bond acceptors (Lipinski definition) is 3. The van der Waals surface area contributed by atoms with Gasteiger partial charge in [0.2, 0.25) is 0 Å². The SMILES string of the molecule is NC(=O)c1cnccc1N1CCc2ccccc2CC1. The van der Waals surface area contributed by atoms with Crippen LogP contribution in [0.3, 0.4) is 0 Å². The summed E-state index contributed by atoms with van der Waals surface area (Å²) in [6, 6.07) is 10.4. The summed E-state index contributed by atoms with van der Waals surface area (Å²) in [6.07, 6.45) is 5.23. The van der Waals surface area contributed by atoms with Crippen molar-refractivity contribution in [3.05, 3.63) is 59.4 Å². The first kappa shape index (κ1) is 12.7. The second-order valence-corrected chi connectivity index (χ2v) is 5.01. The predicted molar refractivity (Wildman–Crippen MR) is 78.8 cm³/mol. The number of benzene rings is 1. The largest absolute Gasteiger partial charge is 0.370 e. The summed E-state index contributed by atoms with van der Waals surface area (Å²) in [7, 11) is 0. The van der Waals surface area contributed by atoms with Gasteiger partial charge in [-0.05, 0) is 30.0 Å². The third kappa shape index (κ3) is 2.37. The van der Waals surface area contributed by atoms with Gasteiger partial charge < -0.3 is 10.6 Å². The Morgan fingerprint density at radius 2 is 1.75 bits per heavy atom. The van der Waals surface area contributed by atoms with Crippen LogP contribution in [-0.2, 0) is 12.8 Å². The molecule has 1 aromatic carbocycles. The number of amides is 1. The van der Waals surface area contributed by atoms with Crippen LogP contribution in [0.2, 0.25) is 0 Å². The van der Waals surface area contributed by atoms with Crippen LogP contribution >= 0.6 is 0 Å². The molecule has 0 bridgehead atoms.